The van der Waals surface area contributed by atoms with Crippen LogP contribution in [0.4, 0.5) is 0 Å². The molecule has 1 aromatic rings. The number of hydrogen-bond acceptors (Lipinski definition) is 1. The van der Waals surface area contributed by atoms with Gasteiger partial charge in [0, 0.05) is 17.3 Å². The summed E-state index contributed by atoms with van der Waals surface area (Å²) in [6.07, 6.45) is 7.63. The van der Waals surface area contributed by atoms with E-state index in [-0.39, 0.29) is 0 Å². The molecule has 1 aliphatic rings. The number of nitrogens with one attached hydrogen (secondary N) is 1. The minimum atomic E-state index is 0.476. The van der Waals surface area contributed by atoms with Crippen molar-refractivity contribution in [3.8, 4) is 0 Å². The monoisotopic (exact) mass is 199 g/mol. The van der Waals surface area contributed by atoms with Crippen molar-refractivity contribution in [3.63, 3.8) is 0 Å². The normalized spacial score (nSPS) is 19.6. The van der Waals surface area contributed by atoms with Crippen LogP contribution in [0.1, 0.15) is 24.5 Å². The quantitative estimate of drug-likeness (QED) is 0.770. The van der Waals surface area contributed by atoms with E-state index >= 15 is 0 Å². The van der Waals surface area contributed by atoms with Crippen molar-refractivity contribution in [3.05, 3.63) is 53.6 Å². The van der Waals surface area contributed by atoms with E-state index in [0.29, 0.717) is 6.04 Å². The fourth-order valence-corrected chi connectivity index (χ4v) is 1.86. The largest absolute Gasteiger partial charge is 0.378 e. The van der Waals surface area contributed by atoms with Gasteiger partial charge in [0.2, 0.25) is 0 Å². The highest BCUT2D eigenvalue weighted by atomic mass is 14.9. The zero-order valence-corrected chi connectivity index (χ0v) is 9.33. The first-order valence-corrected chi connectivity index (χ1v) is 5.52. The highest BCUT2D eigenvalue weighted by Crippen LogP contribution is 2.19. The lowest BCUT2D eigenvalue weighted by Gasteiger charge is -2.21. The molecule has 0 bridgehead atoms. The fourth-order valence-electron chi connectivity index (χ4n) is 1.86. The summed E-state index contributed by atoms with van der Waals surface area (Å²) in [5, 5.41) is 3.53. The Hall–Kier alpha value is -1.50. The van der Waals surface area contributed by atoms with E-state index in [1.54, 1.807) is 0 Å². The Morgan fingerprint density at radius 2 is 2.07 bits per heavy atom. The number of rotatable bonds is 2. The molecule has 78 valence electrons. The molecule has 1 aliphatic heterocycles. The molecule has 0 spiro atoms. The molecule has 2 rings (SSSR count). The smallest absolute Gasteiger partial charge is 0.0445 e. The van der Waals surface area contributed by atoms with Crippen LogP contribution in [0.2, 0.25) is 0 Å². The fraction of sp³-hybridized carbons (Fsp3) is 0.286. The van der Waals surface area contributed by atoms with Gasteiger partial charge >= 0.3 is 0 Å². The molecule has 0 amide bonds. The first kappa shape index (κ1) is 10.0. The van der Waals surface area contributed by atoms with Gasteiger partial charge < -0.3 is 5.32 Å². The molecule has 0 saturated heterocycles. The summed E-state index contributed by atoms with van der Waals surface area (Å²) in [7, 11) is 0. The van der Waals surface area contributed by atoms with Crippen LogP contribution in [-0.2, 0) is 0 Å². The molecule has 15 heavy (non-hydrogen) atoms. The third-order valence-corrected chi connectivity index (χ3v) is 2.82. The molecule has 1 aromatic carbocycles. The average Bonchev–Trinajstić information content (AvgIpc) is 2.30. The molecule has 0 fully saturated rings. The zero-order chi connectivity index (χ0) is 10.7. The Morgan fingerprint density at radius 3 is 2.80 bits per heavy atom. The van der Waals surface area contributed by atoms with E-state index in [4.69, 9.17) is 0 Å². The van der Waals surface area contributed by atoms with Crippen LogP contribution in [0.15, 0.2) is 42.5 Å². The van der Waals surface area contributed by atoms with Crippen molar-refractivity contribution >= 4 is 5.70 Å². The van der Waals surface area contributed by atoms with Crippen LogP contribution in [0.5, 0.6) is 0 Å². The second-order valence-electron chi connectivity index (χ2n) is 3.94. The Labute approximate surface area is 91.5 Å². The Balaban J connectivity index is 2.29. The second kappa shape index (κ2) is 4.35. The van der Waals surface area contributed by atoms with Gasteiger partial charge in [-0.2, -0.15) is 0 Å². The number of benzene rings is 1. The van der Waals surface area contributed by atoms with Gasteiger partial charge in [0.25, 0.3) is 0 Å². The van der Waals surface area contributed by atoms with Crippen molar-refractivity contribution < 1.29 is 0 Å². The van der Waals surface area contributed by atoms with Crippen molar-refractivity contribution in [1.29, 1.82) is 0 Å². The molecule has 1 N–H and O–H groups in total. The highest BCUT2D eigenvalue weighted by molar-refractivity contribution is 5.69. The second-order valence-corrected chi connectivity index (χ2v) is 3.94. The SMILES string of the molecule is CCC1C=CC=C(c2ccccc2C)N1. The summed E-state index contributed by atoms with van der Waals surface area (Å²) in [6.45, 7) is 4.35. The number of allylic oxidation sites excluding steroid dienone is 2. The topological polar surface area (TPSA) is 12.0 Å². The lowest BCUT2D eigenvalue weighted by molar-refractivity contribution is 0.683. The molecule has 1 unspecified atom stereocenters. The maximum Gasteiger partial charge on any atom is 0.0445 e. The van der Waals surface area contributed by atoms with Crippen molar-refractivity contribution in [2.45, 2.75) is 26.3 Å². The summed E-state index contributed by atoms with van der Waals surface area (Å²) in [5.41, 5.74) is 3.86. The molecular formula is C14H17N. The first-order chi connectivity index (χ1) is 7.31. The predicted molar refractivity (Wildman–Crippen MR) is 65.5 cm³/mol. The summed E-state index contributed by atoms with van der Waals surface area (Å²) < 4.78 is 0. The van der Waals surface area contributed by atoms with Crippen molar-refractivity contribution in [2.24, 2.45) is 0 Å². The van der Waals surface area contributed by atoms with Gasteiger partial charge in [0.1, 0.15) is 0 Å². The van der Waals surface area contributed by atoms with Gasteiger partial charge in [0.15, 0.2) is 0 Å². The van der Waals surface area contributed by atoms with Gasteiger partial charge in [-0.1, -0.05) is 43.3 Å². The Kier molecular flexibility index (Phi) is 2.91. The van der Waals surface area contributed by atoms with Crippen LogP contribution in [-0.4, -0.2) is 6.04 Å². The summed E-state index contributed by atoms with van der Waals surface area (Å²) in [6, 6.07) is 8.96. The van der Waals surface area contributed by atoms with E-state index in [1.807, 2.05) is 0 Å². The third-order valence-electron chi connectivity index (χ3n) is 2.82. The summed E-state index contributed by atoms with van der Waals surface area (Å²) in [5.74, 6) is 0. The van der Waals surface area contributed by atoms with E-state index in [2.05, 4.69) is 61.7 Å². The predicted octanol–water partition coefficient (Wildman–Crippen LogP) is 3.27. The summed E-state index contributed by atoms with van der Waals surface area (Å²) in [4.78, 5) is 0. The lowest BCUT2D eigenvalue weighted by Crippen LogP contribution is -2.27. The number of aryl methyl sites for hydroxylation is 1. The number of hydrogen-bond donors (Lipinski definition) is 1. The Morgan fingerprint density at radius 1 is 1.27 bits per heavy atom. The molecule has 1 heterocycles. The maximum atomic E-state index is 3.53. The standard InChI is InChI=1S/C14H17N/c1-3-12-8-6-10-14(15-12)13-9-5-4-7-11(13)2/h4-10,12,15H,3H2,1-2H3. The van der Waals surface area contributed by atoms with Crippen LogP contribution in [0, 0.1) is 6.92 Å². The minimum Gasteiger partial charge on any atom is -0.378 e. The van der Waals surface area contributed by atoms with E-state index in [1.165, 1.54) is 16.8 Å². The van der Waals surface area contributed by atoms with Gasteiger partial charge in [0.05, 0.1) is 0 Å². The summed E-state index contributed by atoms with van der Waals surface area (Å²) >= 11 is 0. The highest BCUT2D eigenvalue weighted by Gasteiger charge is 2.10. The molecule has 1 heteroatoms. The van der Waals surface area contributed by atoms with E-state index in [9.17, 15) is 0 Å². The maximum absolute atomic E-state index is 3.53. The zero-order valence-electron chi connectivity index (χ0n) is 9.33. The molecule has 0 aliphatic carbocycles. The molecule has 0 saturated carbocycles. The van der Waals surface area contributed by atoms with Crippen LogP contribution < -0.4 is 5.32 Å². The van der Waals surface area contributed by atoms with E-state index in [0.717, 1.165) is 6.42 Å². The van der Waals surface area contributed by atoms with Gasteiger partial charge in [-0.15, -0.1) is 0 Å². The Bertz CT molecular complexity index is 402. The molecular weight excluding hydrogens is 182 g/mol. The first-order valence-electron chi connectivity index (χ1n) is 5.52. The van der Waals surface area contributed by atoms with Crippen LogP contribution >= 0.6 is 0 Å². The third kappa shape index (κ3) is 2.12. The van der Waals surface area contributed by atoms with Crippen LogP contribution in [0.3, 0.4) is 0 Å². The van der Waals surface area contributed by atoms with Crippen molar-refractivity contribution in [2.75, 3.05) is 0 Å². The van der Waals surface area contributed by atoms with Gasteiger partial charge in [-0.05, 0) is 25.0 Å². The average molecular weight is 199 g/mol. The molecule has 1 nitrogen and oxygen atoms in total. The van der Waals surface area contributed by atoms with Crippen LogP contribution in [0.25, 0.3) is 5.70 Å². The minimum absolute atomic E-state index is 0.476. The molecule has 1 atom stereocenters. The van der Waals surface area contributed by atoms with Gasteiger partial charge in [-0.3, -0.25) is 0 Å². The van der Waals surface area contributed by atoms with E-state index < -0.39 is 0 Å². The molecule has 0 aromatic heterocycles. The van der Waals surface area contributed by atoms with Crippen molar-refractivity contribution in [1.82, 2.24) is 5.32 Å². The lowest BCUT2D eigenvalue weighted by atomic mass is 10.0. The number of dihydropyridines is 1. The molecule has 0 radical (unpaired) electrons. The van der Waals surface area contributed by atoms with Gasteiger partial charge in [-0.25, -0.2) is 0 Å².